The SMILES string of the molecule is CCN(CCCN1CCCC1)C(=O)N(C)C. The number of likely N-dealkylation sites (tertiary alicyclic amines) is 1. The Morgan fingerprint density at radius 2 is 1.88 bits per heavy atom. The first-order chi connectivity index (χ1) is 7.65. The molecule has 0 bridgehead atoms. The van der Waals surface area contributed by atoms with Gasteiger partial charge < -0.3 is 14.7 Å². The van der Waals surface area contributed by atoms with E-state index in [4.69, 9.17) is 0 Å². The van der Waals surface area contributed by atoms with Crippen LogP contribution in [0.5, 0.6) is 0 Å². The third-order valence-corrected chi connectivity index (χ3v) is 3.14. The fourth-order valence-electron chi connectivity index (χ4n) is 2.16. The first-order valence-electron chi connectivity index (χ1n) is 6.33. The van der Waals surface area contributed by atoms with Crippen LogP contribution < -0.4 is 0 Å². The smallest absolute Gasteiger partial charge is 0.319 e. The Hall–Kier alpha value is -0.770. The zero-order valence-corrected chi connectivity index (χ0v) is 10.9. The van der Waals surface area contributed by atoms with Gasteiger partial charge in [-0.15, -0.1) is 0 Å². The lowest BCUT2D eigenvalue weighted by molar-refractivity contribution is 0.170. The van der Waals surface area contributed by atoms with Crippen molar-refractivity contribution in [1.82, 2.24) is 14.7 Å². The molecule has 1 heterocycles. The summed E-state index contributed by atoms with van der Waals surface area (Å²) in [5.74, 6) is 0. The molecule has 0 aromatic rings. The molecule has 0 spiro atoms. The zero-order valence-electron chi connectivity index (χ0n) is 10.9. The molecule has 0 atom stereocenters. The largest absolute Gasteiger partial charge is 0.331 e. The molecule has 0 N–H and O–H groups in total. The van der Waals surface area contributed by atoms with Crippen molar-refractivity contribution < 1.29 is 4.79 Å². The summed E-state index contributed by atoms with van der Waals surface area (Å²) in [5.41, 5.74) is 0. The van der Waals surface area contributed by atoms with Gasteiger partial charge in [-0.25, -0.2) is 4.79 Å². The van der Waals surface area contributed by atoms with Gasteiger partial charge in [-0.3, -0.25) is 0 Å². The Labute approximate surface area is 99.2 Å². The minimum absolute atomic E-state index is 0.129. The minimum atomic E-state index is 0.129. The van der Waals surface area contributed by atoms with E-state index in [-0.39, 0.29) is 6.03 Å². The third kappa shape index (κ3) is 4.00. The molecule has 1 aliphatic rings. The average molecular weight is 227 g/mol. The summed E-state index contributed by atoms with van der Waals surface area (Å²) in [7, 11) is 3.62. The molecular formula is C12H25N3O. The van der Waals surface area contributed by atoms with Gasteiger partial charge in [0.1, 0.15) is 0 Å². The van der Waals surface area contributed by atoms with Gasteiger partial charge in [-0.1, -0.05) is 0 Å². The van der Waals surface area contributed by atoms with Crippen molar-refractivity contribution in [2.45, 2.75) is 26.2 Å². The third-order valence-electron chi connectivity index (χ3n) is 3.14. The lowest BCUT2D eigenvalue weighted by atomic mass is 10.3. The van der Waals surface area contributed by atoms with Crippen LogP contribution in [-0.2, 0) is 0 Å². The molecule has 0 radical (unpaired) electrons. The summed E-state index contributed by atoms with van der Waals surface area (Å²) in [6, 6.07) is 0.129. The molecule has 0 unspecified atom stereocenters. The number of nitrogens with zero attached hydrogens (tertiary/aromatic N) is 3. The van der Waals surface area contributed by atoms with Crippen molar-refractivity contribution in [1.29, 1.82) is 0 Å². The minimum Gasteiger partial charge on any atom is -0.331 e. The van der Waals surface area contributed by atoms with E-state index >= 15 is 0 Å². The van der Waals surface area contributed by atoms with Crippen LogP contribution >= 0.6 is 0 Å². The molecule has 4 nitrogen and oxygen atoms in total. The van der Waals surface area contributed by atoms with E-state index in [0.29, 0.717) is 0 Å². The first-order valence-corrected chi connectivity index (χ1v) is 6.33. The maximum atomic E-state index is 11.7. The monoisotopic (exact) mass is 227 g/mol. The summed E-state index contributed by atoms with van der Waals surface area (Å²) in [6.07, 6.45) is 3.77. The fourth-order valence-corrected chi connectivity index (χ4v) is 2.16. The van der Waals surface area contributed by atoms with Gasteiger partial charge in [-0.2, -0.15) is 0 Å². The highest BCUT2D eigenvalue weighted by Gasteiger charge is 2.15. The van der Waals surface area contributed by atoms with E-state index in [1.165, 1.54) is 25.9 Å². The van der Waals surface area contributed by atoms with Crippen molar-refractivity contribution >= 4 is 6.03 Å². The number of carbonyl (C=O) groups excluding carboxylic acids is 1. The van der Waals surface area contributed by atoms with Crippen molar-refractivity contribution in [2.24, 2.45) is 0 Å². The standard InChI is InChI=1S/C12H25N3O/c1-4-15(12(16)13(2)3)11-7-10-14-8-5-6-9-14/h4-11H2,1-3H3. The zero-order chi connectivity index (χ0) is 12.0. The summed E-state index contributed by atoms with van der Waals surface area (Å²) >= 11 is 0. The lowest BCUT2D eigenvalue weighted by Crippen LogP contribution is -2.40. The van der Waals surface area contributed by atoms with Crippen LogP contribution in [0.25, 0.3) is 0 Å². The maximum absolute atomic E-state index is 11.7. The van der Waals surface area contributed by atoms with Gasteiger partial charge in [0.05, 0.1) is 0 Å². The molecule has 0 aliphatic carbocycles. The predicted octanol–water partition coefficient (Wildman–Crippen LogP) is 1.48. The first kappa shape index (κ1) is 13.3. The van der Waals surface area contributed by atoms with Crippen LogP contribution in [0.15, 0.2) is 0 Å². The van der Waals surface area contributed by atoms with Crippen LogP contribution in [-0.4, -0.2) is 67.5 Å². The second-order valence-corrected chi connectivity index (χ2v) is 4.66. The van der Waals surface area contributed by atoms with E-state index in [9.17, 15) is 4.79 Å². The highest BCUT2D eigenvalue weighted by molar-refractivity contribution is 5.73. The Morgan fingerprint density at radius 1 is 1.25 bits per heavy atom. The molecule has 0 saturated carbocycles. The summed E-state index contributed by atoms with van der Waals surface area (Å²) in [4.78, 5) is 17.8. The Morgan fingerprint density at radius 3 is 2.38 bits per heavy atom. The van der Waals surface area contributed by atoms with Crippen LogP contribution in [0.4, 0.5) is 4.79 Å². The van der Waals surface area contributed by atoms with E-state index < -0.39 is 0 Å². The van der Waals surface area contributed by atoms with Crippen LogP contribution in [0.2, 0.25) is 0 Å². The molecule has 2 amide bonds. The predicted molar refractivity (Wildman–Crippen MR) is 66.6 cm³/mol. The van der Waals surface area contributed by atoms with E-state index in [1.54, 1.807) is 4.90 Å². The second kappa shape index (κ2) is 6.74. The van der Waals surface area contributed by atoms with Gasteiger partial charge >= 0.3 is 6.03 Å². The van der Waals surface area contributed by atoms with E-state index in [0.717, 1.165) is 26.1 Å². The summed E-state index contributed by atoms with van der Waals surface area (Å²) in [5, 5.41) is 0. The van der Waals surface area contributed by atoms with Gasteiger partial charge in [0.15, 0.2) is 0 Å². The molecule has 0 aromatic heterocycles. The normalized spacial score (nSPS) is 16.4. The Balaban J connectivity index is 2.20. The lowest BCUT2D eigenvalue weighted by Gasteiger charge is -2.25. The molecule has 1 fully saturated rings. The number of hydrogen-bond acceptors (Lipinski definition) is 2. The van der Waals surface area contributed by atoms with E-state index in [1.807, 2.05) is 25.9 Å². The van der Waals surface area contributed by atoms with Gasteiger partial charge in [-0.05, 0) is 45.8 Å². The molecule has 1 aliphatic heterocycles. The molecular weight excluding hydrogens is 202 g/mol. The quantitative estimate of drug-likeness (QED) is 0.711. The van der Waals surface area contributed by atoms with Crippen molar-refractivity contribution in [3.63, 3.8) is 0 Å². The highest BCUT2D eigenvalue weighted by atomic mass is 16.2. The number of rotatable bonds is 5. The molecule has 16 heavy (non-hydrogen) atoms. The highest BCUT2D eigenvalue weighted by Crippen LogP contribution is 2.08. The van der Waals surface area contributed by atoms with Crippen LogP contribution in [0.3, 0.4) is 0 Å². The van der Waals surface area contributed by atoms with Gasteiger partial charge in [0, 0.05) is 27.2 Å². The maximum Gasteiger partial charge on any atom is 0.319 e. The number of hydrogen-bond donors (Lipinski definition) is 0. The van der Waals surface area contributed by atoms with Gasteiger partial charge in [0.25, 0.3) is 0 Å². The number of amides is 2. The van der Waals surface area contributed by atoms with Crippen LogP contribution in [0.1, 0.15) is 26.2 Å². The molecule has 94 valence electrons. The fraction of sp³-hybridized carbons (Fsp3) is 0.917. The van der Waals surface area contributed by atoms with E-state index in [2.05, 4.69) is 4.90 Å². The Bertz CT molecular complexity index is 212. The summed E-state index contributed by atoms with van der Waals surface area (Å²) < 4.78 is 0. The van der Waals surface area contributed by atoms with Crippen molar-refractivity contribution in [2.75, 3.05) is 46.8 Å². The van der Waals surface area contributed by atoms with Crippen molar-refractivity contribution in [3.8, 4) is 0 Å². The topological polar surface area (TPSA) is 26.8 Å². The molecule has 4 heteroatoms. The average Bonchev–Trinajstić information content (AvgIpc) is 2.76. The molecule has 0 aromatic carbocycles. The van der Waals surface area contributed by atoms with Crippen LogP contribution in [0, 0.1) is 0 Å². The molecule has 1 rings (SSSR count). The summed E-state index contributed by atoms with van der Waals surface area (Å²) in [6.45, 7) is 7.34. The molecule has 1 saturated heterocycles. The second-order valence-electron chi connectivity index (χ2n) is 4.66. The number of carbonyl (C=O) groups is 1. The Kier molecular flexibility index (Phi) is 5.60. The van der Waals surface area contributed by atoms with Gasteiger partial charge in [0.2, 0.25) is 0 Å². The van der Waals surface area contributed by atoms with Crippen molar-refractivity contribution in [3.05, 3.63) is 0 Å². The number of urea groups is 1.